The first kappa shape index (κ1) is 22.2. The van der Waals surface area contributed by atoms with E-state index < -0.39 is 0 Å². The summed E-state index contributed by atoms with van der Waals surface area (Å²) in [5, 5.41) is 7.28. The van der Waals surface area contributed by atoms with Crippen molar-refractivity contribution in [3.05, 3.63) is 131 Å². The first-order valence-electron chi connectivity index (χ1n) is 12.4. The number of Topliss-reactive ketones (excluding diaryl/α,β-unsaturated/α-hetero) is 1. The Hall–Kier alpha value is -4.31. The van der Waals surface area contributed by atoms with Gasteiger partial charge in [-0.2, -0.15) is 0 Å². The van der Waals surface area contributed by atoms with Crippen molar-refractivity contribution in [2.45, 2.75) is 31.7 Å². The van der Waals surface area contributed by atoms with E-state index in [9.17, 15) is 4.79 Å². The summed E-state index contributed by atoms with van der Waals surface area (Å²) >= 11 is 0. The number of hydrogen-bond donors (Lipinski definition) is 2. The monoisotopic (exact) mass is 472 g/mol. The van der Waals surface area contributed by atoms with Gasteiger partial charge in [0.15, 0.2) is 5.78 Å². The lowest BCUT2D eigenvalue weighted by Crippen LogP contribution is -2.26. The van der Waals surface area contributed by atoms with Crippen molar-refractivity contribution in [3.63, 3.8) is 0 Å². The van der Waals surface area contributed by atoms with Crippen molar-refractivity contribution in [2.75, 3.05) is 10.6 Å². The lowest BCUT2D eigenvalue weighted by Gasteiger charge is -2.30. The third-order valence-corrected chi connectivity index (χ3v) is 7.03. The Balaban J connectivity index is 1.40. The molecule has 1 aliphatic carbocycles. The zero-order chi connectivity index (χ0) is 24.5. The number of nitrogens with one attached hydrogen (secondary N) is 2. The van der Waals surface area contributed by atoms with E-state index in [1.54, 1.807) is 0 Å². The van der Waals surface area contributed by atoms with Crippen LogP contribution in [0.2, 0.25) is 0 Å². The van der Waals surface area contributed by atoms with Crippen LogP contribution in [0.5, 0.6) is 11.5 Å². The van der Waals surface area contributed by atoms with Crippen LogP contribution in [0.15, 0.2) is 114 Å². The second kappa shape index (κ2) is 9.38. The third kappa shape index (κ3) is 4.38. The zero-order valence-corrected chi connectivity index (χ0v) is 20.2. The van der Waals surface area contributed by atoms with E-state index in [-0.39, 0.29) is 17.7 Å². The summed E-state index contributed by atoms with van der Waals surface area (Å²) in [5.74, 6) is 1.86. The topological polar surface area (TPSA) is 50.4 Å². The van der Waals surface area contributed by atoms with Crippen LogP contribution in [0.4, 0.5) is 11.4 Å². The average Bonchev–Trinajstić information content (AvgIpc) is 3.07. The Morgan fingerprint density at radius 3 is 2.25 bits per heavy atom. The molecule has 0 bridgehead atoms. The van der Waals surface area contributed by atoms with E-state index in [1.165, 1.54) is 11.1 Å². The summed E-state index contributed by atoms with van der Waals surface area (Å²) in [7, 11) is 0. The van der Waals surface area contributed by atoms with Crippen LogP contribution in [0, 0.1) is 6.92 Å². The Labute approximate surface area is 211 Å². The SMILES string of the molecule is Cc1ccc(C2CC(=O)C3=C(C2)Nc2ccccc2NC3c2cccc(Oc3ccccc3)c2)cc1. The number of ketones is 1. The molecule has 6 rings (SSSR count). The van der Waals surface area contributed by atoms with Crippen LogP contribution >= 0.6 is 0 Å². The highest BCUT2D eigenvalue weighted by atomic mass is 16.5. The quantitative estimate of drug-likeness (QED) is 0.319. The smallest absolute Gasteiger partial charge is 0.163 e. The van der Waals surface area contributed by atoms with E-state index in [4.69, 9.17) is 4.74 Å². The van der Waals surface area contributed by atoms with Gasteiger partial charge in [0.2, 0.25) is 0 Å². The highest BCUT2D eigenvalue weighted by Gasteiger charge is 2.36. The standard InChI is InChI=1S/C32H28N2O2/c1-21-14-16-22(17-15-21)24-19-29-31(30(35)20-24)32(34-28-13-6-5-12-27(28)33-29)23-8-7-11-26(18-23)36-25-9-3-2-4-10-25/h2-18,24,32-34H,19-20H2,1H3. The Kier molecular flexibility index (Phi) is 5.78. The van der Waals surface area contributed by atoms with Gasteiger partial charge in [0, 0.05) is 17.7 Å². The molecule has 2 unspecified atom stereocenters. The van der Waals surface area contributed by atoms with Crippen molar-refractivity contribution >= 4 is 17.2 Å². The Bertz CT molecular complexity index is 1440. The first-order chi connectivity index (χ1) is 17.6. The van der Waals surface area contributed by atoms with E-state index in [1.807, 2.05) is 60.7 Å². The second-order valence-electron chi connectivity index (χ2n) is 9.57. The first-order valence-corrected chi connectivity index (χ1v) is 12.4. The number of rotatable bonds is 4. The predicted molar refractivity (Wildman–Crippen MR) is 145 cm³/mol. The van der Waals surface area contributed by atoms with Crippen molar-refractivity contribution < 1.29 is 9.53 Å². The van der Waals surface area contributed by atoms with Crippen molar-refractivity contribution in [1.82, 2.24) is 0 Å². The number of anilines is 2. The highest BCUT2D eigenvalue weighted by Crippen LogP contribution is 2.44. The molecule has 4 heteroatoms. The molecule has 1 heterocycles. The molecule has 0 radical (unpaired) electrons. The van der Waals surface area contributed by atoms with Crippen LogP contribution in [0.25, 0.3) is 0 Å². The average molecular weight is 473 g/mol. The zero-order valence-electron chi connectivity index (χ0n) is 20.2. The molecule has 0 saturated carbocycles. The van der Waals surface area contributed by atoms with E-state index in [0.29, 0.717) is 6.42 Å². The molecule has 0 saturated heterocycles. The molecule has 1 aliphatic heterocycles. The normalized spacial score (nSPS) is 18.9. The van der Waals surface area contributed by atoms with E-state index in [0.717, 1.165) is 46.1 Å². The number of carbonyl (C=O) groups excluding carboxylic acids is 1. The minimum Gasteiger partial charge on any atom is -0.457 e. The van der Waals surface area contributed by atoms with Gasteiger partial charge in [-0.1, -0.05) is 72.3 Å². The van der Waals surface area contributed by atoms with Crippen molar-refractivity contribution in [2.24, 2.45) is 0 Å². The molecule has 4 aromatic carbocycles. The summed E-state index contributed by atoms with van der Waals surface area (Å²) in [4.78, 5) is 13.8. The molecular weight excluding hydrogens is 444 g/mol. The molecule has 178 valence electrons. The molecule has 0 amide bonds. The van der Waals surface area contributed by atoms with Crippen LogP contribution in [-0.4, -0.2) is 5.78 Å². The molecule has 2 aliphatic rings. The third-order valence-electron chi connectivity index (χ3n) is 7.03. The van der Waals surface area contributed by atoms with Gasteiger partial charge in [-0.25, -0.2) is 0 Å². The number of para-hydroxylation sites is 3. The van der Waals surface area contributed by atoms with Gasteiger partial charge in [0.25, 0.3) is 0 Å². The Morgan fingerprint density at radius 1 is 0.722 bits per heavy atom. The number of aryl methyl sites for hydroxylation is 1. The van der Waals surface area contributed by atoms with Crippen LogP contribution in [0.3, 0.4) is 0 Å². The molecule has 36 heavy (non-hydrogen) atoms. The fourth-order valence-corrected chi connectivity index (χ4v) is 5.20. The summed E-state index contributed by atoms with van der Waals surface area (Å²) in [6, 6.07) is 34.2. The van der Waals surface area contributed by atoms with Crippen LogP contribution in [0.1, 0.15) is 41.5 Å². The molecule has 2 N–H and O–H groups in total. The van der Waals surface area contributed by atoms with Crippen LogP contribution in [-0.2, 0) is 4.79 Å². The van der Waals surface area contributed by atoms with E-state index in [2.05, 4.69) is 60.0 Å². The molecule has 0 fully saturated rings. The van der Waals surface area contributed by atoms with Gasteiger partial charge < -0.3 is 15.4 Å². The molecule has 4 aromatic rings. The van der Waals surface area contributed by atoms with E-state index >= 15 is 0 Å². The predicted octanol–water partition coefficient (Wildman–Crippen LogP) is 7.77. The van der Waals surface area contributed by atoms with Gasteiger partial charge in [-0.05, 0) is 66.8 Å². The number of carbonyl (C=O) groups is 1. The van der Waals surface area contributed by atoms with Crippen LogP contribution < -0.4 is 15.4 Å². The van der Waals surface area contributed by atoms with Gasteiger partial charge in [-0.3, -0.25) is 4.79 Å². The summed E-state index contributed by atoms with van der Waals surface area (Å²) in [6.45, 7) is 2.09. The number of allylic oxidation sites excluding steroid dienone is 1. The minimum absolute atomic E-state index is 0.156. The summed E-state index contributed by atoms with van der Waals surface area (Å²) in [6.07, 6.45) is 1.29. The number of benzene rings is 4. The van der Waals surface area contributed by atoms with Gasteiger partial charge in [0.05, 0.1) is 17.4 Å². The Morgan fingerprint density at radius 2 is 1.44 bits per heavy atom. The summed E-state index contributed by atoms with van der Waals surface area (Å²) in [5.41, 5.74) is 7.20. The molecule has 2 atom stereocenters. The lowest BCUT2D eigenvalue weighted by atomic mass is 9.78. The number of fused-ring (bicyclic) bond motifs is 1. The molecule has 0 spiro atoms. The fourth-order valence-electron chi connectivity index (χ4n) is 5.20. The molecule has 0 aromatic heterocycles. The number of hydrogen-bond acceptors (Lipinski definition) is 4. The lowest BCUT2D eigenvalue weighted by molar-refractivity contribution is -0.116. The van der Waals surface area contributed by atoms with Gasteiger partial charge >= 0.3 is 0 Å². The molecule has 4 nitrogen and oxygen atoms in total. The maximum absolute atomic E-state index is 13.8. The maximum atomic E-state index is 13.8. The summed E-state index contributed by atoms with van der Waals surface area (Å²) < 4.78 is 6.11. The van der Waals surface area contributed by atoms with Gasteiger partial charge in [0.1, 0.15) is 11.5 Å². The molecular formula is C32H28N2O2. The second-order valence-corrected chi connectivity index (χ2v) is 9.57. The largest absolute Gasteiger partial charge is 0.457 e. The van der Waals surface area contributed by atoms with Crippen molar-refractivity contribution in [1.29, 1.82) is 0 Å². The highest BCUT2D eigenvalue weighted by molar-refractivity contribution is 6.01. The fraction of sp³-hybridized carbons (Fsp3) is 0.156. The van der Waals surface area contributed by atoms with Crippen molar-refractivity contribution in [3.8, 4) is 11.5 Å². The van der Waals surface area contributed by atoms with Gasteiger partial charge in [-0.15, -0.1) is 0 Å². The minimum atomic E-state index is -0.276. The maximum Gasteiger partial charge on any atom is 0.163 e. The number of ether oxygens (including phenoxy) is 1.